The van der Waals surface area contributed by atoms with E-state index in [0.29, 0.717) is 41.5 Å². The summed E-state index contributed by atoms with van der Waals surface area (Å²) in [6.07, 6.45) is 4.05. The van der Waals surface area contributed by atoms with Crippen LogP contribution < -0.4 is 0 Å². The van der Waals surface area contributed by atoms with Crippen LogP contribution >= 0.6 is 23.2 Å². The first-order valence-electron chi connectivity index (χ1n) is 6.62. The van der Waals surface area contributed by atoms with Crippen LogP contribution in [0, 0.1) is 5.92 Å². The van der Waals surface area contributed by atoms with E-state index >= 15 is 0 Å². The SMILES string of the molecule is O=C(O)C1CCN(C(=O)C=Cc2cc(Cl)ccc2Cl)CC1. The van der Waals surface area contributed by atoms with E-state index in [1.54, 1.807) is 29.2 Å². The average Bonchev–Trinajstić information content (AvgIpc) is 2.48. The lowest BCUT2D eigenvalue weighted by Crippen LogP contribution is -2.39. The molecule has 1 aliphatic rings. The Kier molecular flexibility index (Phi) is 5.26. The number of nitrogens with zero attached hydrogens (tertiary/aromatic N) is 1. The Bertz CT molecular complexity index is 578. The zero-order valence-corrected chi connectivity index (χ0v) is 12.8. The van der Waals surface area contributed by atoms with Gasteiger partial charge in [0.2, 0.25) is 5.91 Å². The van der Waals surface area contributed by atoms with E-state index < -0.39 is 5.97 Å². The number of carboxylic acid groups (broad SMARTS) is 1. The minimum absolute atomic E-state index is 0.144. The monoisotopic (exact) mass is 327 g/mol. The lowest BCUT2D eigenvalue weighted by molar-refractivity contribution is -0.144. The molecule has 1 heterocycles. The summed E-state index contributed by atoms with van der Waals surface area (Å²) in [7, 11) is 0. The first kappa shape index (κ1) is 15.9. The molecule has 0 radical (unpaired) electrons. The minimum atomic E-state index is -0.789. The van der Waals surface area contributed by atoms with E-state index in [-0.39, 0.29) is 11.8 Å². The summed E-state index contributed by atoms with van der Waals surface area (Å²) >= 11 is 11.9. The molecule has 1 aliphatic heterocycles. The smallest absolute Gasteiger partial charge is 0.306 e. The standard InChI is InChI=1S/C15H15Cl2NO3/c16-12-2-3-13(17)11(9-12)1-4-14(19)18-7-5-10(6-8-18)15(20)21/h1-4,9-10H,5-8H2,(H,20,21). The van der Waals surface area contributed by atoms with E-state index in [0.717, 1.165) is 0 Å². The maximum absolute atomic E-state index is 12.1. The molecule has 6 heteroatoms. The van der Waals surface area contributed by atoms with Crippen molar-refractivity contribution in [2.24, 2.45) is 5.92 Å². The van der Waals surface area contributed by atoms with Crippen LogP contribution in [0.25, 0.3) is 6.08 Å². The molecule has 2 rings (SSSR count). The number of benzene rings is 1. The summed E-state index contributed by atoms with van der Waals surface area (Å²) in [4.78, 5) is 24.6. The van der Waals surface area contributed by atoms with Crippen molar-refractivity contribution in [3.8, 4) is 0 Å². The third kappa shape index (κ3) is 4.22. The molecule has 0 atom stereocenters. The minimum Gasteiger partial charge on any atom is -0.481 e. The Morgan fingerprint density at radius 2 is 1.90 bits per heavy atom. The molecule has 1 fully saturated rings. The van der Waals surface area contributed by atoms with E-state index in [1.807, 2.05) is 0 Å². The lowest BCUT2D eigenvalue weighted by Gasteiger charge is -2.29. The Morgan fingerprint density at radius 1 is 1.24 bits per heavy atom. The normalized spacial score (nSPS) is 16.4. The third-order valence-electron chi connectivity index (χ3n) is 3.52. The number of carbonyl (C=O) groups excluding carboxylic acids is 1. The fraction of sp³-hybridized carbons (Fsp3) is 0.333. The number of piperidine rings is 1. The number of rotatable bonds is 3. The predicted molar refractivity (Wildman–Crippen MR) is 82.4 cm³/mol. The lowest BCUT2D eigenvalue weighted by atomic mass is 9.97. The van der Waals surface area contributed by atoms with Crippen LogP contribution in [0.1, 0.15) is 18.4 Å². The van der Waals surface area contributed by atoms with Crippen molar-refractivity contribution in [1.82, 2.24) is 4.90 Å². The number of aliphatic carboxylic acids is 1. The van der Waals surface area contributed by atoms with Gasteiger partial charge in [-0.25, -0.2) is 0 Å². The first-order chi connectivity index (χ1) is 9.97. The summed E-state index contributed by atoms with van der Waals surface area (Å²) in [5, 5.41) is 10.00. The van der Waals surface area contributed by atoms with Crippen molar-refractivity contribution < 1.29 is 14.7 Å². The third-order valence-corrected chi connectivity index (χ3v) is 4.10. The number of carbonyl (C=O) groups is 2. The molecular formula is C15H15Cl2NO3. The van der Waals surface area contributed by atoms with Gasteiger partial charge in [-0.3, -0.25) is 9.59 Å². The van der Waals surface area contributed by atoms with Gasteiger partial charge in [-0.1, -0.05) is 23.2 Å². The highest BCUT2D eigenvalue weighted by Gasteiger charge is 2.25. The zero-order chi connectivity index (χ0) is 15.4. The summed E-state index contributed by atoms with van der Waals surface area (Å²) in [5.41, 5.74) is 0.679. The van der Waals surface area contributed by atoms with Gasteiger partial charge in [-0.05, 0) is 42.7 Å². The molecule has 1 N–H and O–H groups in total. The summed E-state index contributed by atoms with van der Waals surface area (Å²) in [5.74, 6) is -1.28. The van der Waals surface area contributed by atoms with Crippen molar-refractivity contribution in [3.63, 3.8) is 0 Å². The fourth-order valence-electron chi connectivity index (χ4n) is 2.26. The Balaban J connectivity index is 1.97. The van der Waals surface area contributed by atoms with Gasteiger partial charge >= 0.3 is 5.97 Å². The molecule has 1 saturated heterocycles. The van der Waals surface area contributed by atoms with Gasteiger partial charge in [0.25, 0.3) is 0 Å². The fourth-order valence-corrected chi connectivity index (χ4v) is 2.62. The van der Waals surface area contributed by atoms with E-state index in [4.69, 9.17) is 28.3 Å². The maximum atomic E-state index is 12.1. The molecule has 0 saturated carbocycles. The second-order valence-corrected chi connectivity index (χ2v) is 5.78. The van der Waals surface area contributed by atoms with Gasteiger partial charge in [0, 0.05) is 29.2 Å². The Hall–Kier alpha value is -1.52. The molecule has 0 spiro atoms. The van der Waals surface area contributed by atoms with Crippen LogP contribution in [0.5, 0.6) is 0 Å². The molecular weight excluding hydrogens is 313 g/mol. The molecule has 21 heavy (non-hydrogen) atoms. The highest BCUT2D eigenvalue weighted by molar-refractivity contribution is 6.34. The molecule has 0 aliphatic carbocycles. The highest BCUT2D eigenvalue weighted by atomic mass is 35.5. The van der Waals surface area contributed by atoms with Crippen molar-refractivity contribution in [1.29, 1.82) is 0 Å². The quantitative estimate of drug-likeness (QED) is 0.866. The summed E-state index contributed by atoms with van der Waals surface area (Å²) in [6, 6.07) is 5.04. The largest absolute Gasteiger partial charge is 0.481 e. The maximum Gasteiger partial charge on any atom is 0.306 e. The number of halogens is 2. The molecule has 112 valence electrons. The van der Waals surface area contributed by atoms with E-state index in [2.05, 4.69) is 0 Å². The van der Waals surface area contributed by atoms with Gasteiger partial charge in [-0.15, -0.1) is 0 Å². The van der Waals surface area contributed by atoms with Gasteiger partial charge in [0.15, 0.2) is 0 Å². The van der Waals surface area contributed by atoms with E-state index in [9.17, 15) is 9.59 Å². The summed E-state index contributed by atoms with van der Waals surface area (Å²) < 4.78 is 0. The van der Waals surface area contributed by atoms with Gasteiger partial charge in [0.1, 0.15) is 0 Å². The number of amides is 1. The highest BCUT2D eigenvalue weighted by Crippen LogP contribution is 2.22. The molecule has 1 aromatic rings. The average molecular weight is 328 g/mol. The Morgan fingerprint density at radius 3 is 2.52 bits per heavy atom. The number of likely N-dealkylation sites (tertiary alicyclic amines) is 1. The van der Waals surface area contributed by atoms with E-state index in [1.165, 1.54) is 6.08 Å². The van der Waals surface area contributed by atoms with Crippen LogP contribution in [0.4, 0.5) is 0 Å². The van der Waals surface area contributed by atoms with Gasteiger partial charge < -0.3 is 10.0 Å². The predicted octanol–water partition coefficient (Wildman–Crippen LogP) is 3.33. The van der Waals surface area contributed by atoms with Gasteiger partial charge in [-0.2, -0.15) is 0 Å². The van der Waals surface area contributed by atoms with Crippen molar-refractivity contribution in [3.05, 3.63) is 39.9 Å². The number of hydrogen-bond acceptors (Lipinski definition) is 2. The first-order valence-corrected chi connectivity index (χ1v) is 7.38. The molecule has 1 amide bonds. The van der Waals surface area contributed by atoms with Gasteiger partial charge in [0.05, 0.1) is 5.92 Å². The van der Waals surface area contributed by atoms with Crippen molar-refractivity contribution in [2.45, 2.75) is 12.8 Å². The summed E-state index contributed by atoms with van der Waals surface area (Å²) in [6.45, 7) is 0.923. The number of carboxylic acids is 1. The second kappa shape index (κ2) is 6.96. The van der Waals surface area contributed by atoms with Crippen LogP contribution in [0.2, 0.25) is 10.0 Å². The van der Waals surface area contributed by atoms with Crippen LogP contribution in [0.15, 0.2) is 24.3 Å². The Labute approximate surface area is 133 Å². The van der Waals surface area contributed by atoms with Crippen molar-refractivity contribution >= 4 is 41.2 Å². The van der Waals surface area contributed by atoms with Crippen LogP contribution in [-0.4, -0.2) is 35.0 Å². The molecule has 4 nitrogen and oxygen atoms in total. The molecule has 0 bridgehead atoms. The van der Waals surface area contributed by atoms with Crippen LogP contribution in [0.3, 0.4) is 0 Å². The van der Waals surface area contributed by atoms with Crippen molar-refractivity contribution in [2.75, 3.05) is 13.1 Å². The molecule has 0 unspecified atom stereocenters. The molecule has 0 aromatic heterocycles. The number of hydrogen-bond donors (Lipinski definition) is 1. The zero-order valence-electron chi connectivity index (χ0n) is 11.3. The topological polar surface area (TPSA) is 57.6 Å². The molecule has 1 aromatic carbocycles. The second-order valence-electron chi connectivity index (χ2n) is 4.94. The van der Waals surface area contributed by atoms with Crippen LogP contribution in [-0.2, 0) is 9.59 Å².